The maximum atomic E-state index is 10.2. The highest BCUT2D eigenvalue weighted by Crippen LogP contribution is 2.02. The molecule has 0 amide bonds. The normalized spacial score (nSPS) is 11.4. The van der Waals surface area contributed by atoms with Crippen molar-refractivity contribution in [3.05, 3.63) is 10.4 Å². The van der Waals surface area contributed by atoms with Crippen LogP contribution in [-0.2, 0) is 4.79 Å². The van der Waals surface area contributed by atoms with Gasteiger partial charge in [-0.25, -0.2) is 4.79 Å². The Balaban J connectivity index is 3.97. The first-order valence-corrected chi connectivity index (χ1v) is 3.34. The van der Waals surface area contributed by atoms with Gasteiger partial charge in [0.15, 0.2) is 6.04 Å². The molecule has 0 spiro atoms. The van der Waals surface area contributed by atoms with Crippen LogP contribution in [-0.4, -0.2) is 27.6 Å². The van der Waals surface area contributed by atoms with Crippen LogP contribution in [0.1, 0.15) is 19.8 Å². The molecule has 0 unspecified atom stereocenters. The highest BCUT2D eigenvalue weighted by Gasteiger charge is 2.18. The Kier molecular flexibility index (Phi) is 4.48. The molecule has 6 heteroatoms. The molecular weight excluding hydrogens is 162 g/mol. The van der Waals surface area contributed by atoms with Crippen LogP contribution in [0.3, 0.4) is 0 Å². The number of hydrogen-bond donors (Lipinski definition) is 1. The quantitative estimate of drug-likeness (QED) is 0.284. The minimum atomic E-state index is -1.25. The third-order valence-corrected chi connectivity index (χ3v) is 1.36. The Labute approximate surface area is 68.8 Å². The molecule has 0 rings (SSSR count). The number of aliphatic carboxylic acids is 1. The number of carboxylic acid groups (broad SMARTS) is 1. The van der Waals surface area contributed by atoms with Gasteiger partial charge in [0.05, 0.1) is 0 Å². The van der Waals surface area contributed by atoms with Crippen LogP contribution in [0, 0.1) is 4.91 Å². The van der Waals surface area contributed by atoms with E-state index in [1.54, 1.807) is 0 Å². The summed E-state index contributed by atoms with van der Waals surface area (Å²) in [5, 5.41) is 10.8. The van der Waals surface area contributed by atoms with Crippen molar-refractivity contribution in [2.75, 3.05) is 0 Å². The van der Waals surface area contributed by atoms with Crippen molar-refractivity contribution in [2.45, 2.75) is 25.8 Å². The van der Waals surface area contributed by atoms with Crippen LogP contribution in [0.25, 0.3) is 5.53 Å². The fourth-order valence-corrected chi connectivity index (χ4v) is 0.617. The van der Waals surface area contributed by atoms with Crippen molar-refractivity contribution in [3.8, 4) is 0 Å². The zero-order valence-corrected chi connectivity index (χ0v) is 6.60. The second-order valence-corrected chi connectivity index (χ2v) is 2.33. The van der Waals surface area contributed by atoms with Gasteiger partial charge in [-0.2, -0.15) is 4.79 Å². The van der Waals surface area contributed by atoms with Crippen molar-refractivity contribution in [3.63, 3.8) is 0 Å². The van der Waals surface area contributed by atoms with Crippen molar-refractivity contribution >= 4 is 11.7 Å². The molecule has 0 heterocycles. The molecule has 12 heavy (non-hydrogen) atoms. The highest BCUT2D eigenvalue weighted by atomic mass is 16.4. The fraction of sp³-hybridized carbons (Fsp3) is 0.667. The molecule has 66 valence electrons. The molecule has 0 aromatic heterocycles. The van der Waals surface area contributed by atoms with Gasteiger partial charge in [0, 0.05) is 13.3 Å². The van der Waals surface area contributed by atoms with Gasteiger partial charge in [0.1, 0.15) is 0 Å². The minimum absolute atomic E-state index is 0.0642. The van der Waals surface area contributed by atoms with Gasteiger partial charge in [-0.15, -0.1) is 4.91 Å². The van der Waals surface area contributed by atoms with E-state index >= 15 is 0 Å². The van der Waals surface area contributed by atoms with E-state index in [-0.39, 0.29) is 12.8 Å². The largest absolute Gasteiger partial charge is 0.480 e. The van der Waals surface area contributed by atoms with E-state index in [1.807, 2.05) is 0 Å². The maximum absolute atomic E-state index is 10.2. The minimum Gasteiger partial charge on any atom is -0.480 e. The summed E-state index contributed by atoms with van der Waals surface area (Å²) in [6.07, 6.45) is 0.313. The third kappa shape index (κ3) is 3.58. The second-order valence-electron chi connectivity index (χ2n) is 2.33. The predicted octanol–water partition coefficient (Wildman–Crippen LogP) is 0.677. The summed E-state index contributed by atoms with van der Waals surface area (Å²) in [5.74, 6) is -1.25. The summed E-state index contributed by atoms with van der Waals surface area (Å²) >= 11 is 0. The summed E-state index contributed by atoms with van der Waals surface area (Å²) < 4.78 is 0. The summed E-state index contributed by atoms with van der Waals surface area (Å²) in [5.41, 5.74) is 8.57. The smallest absolute Gasteiger partial charge is 0.332 e. The third-order valence-electron chi connectivity index (χ3n) is 1.36. The topological polar surface area (TPSA) is 103 Å². The van der Waals surface area contributed by atoms with Crippen LogP contribution in [0.15, 0.2) is 5.18 Å². The summed E-state index contributed by atoms with van der Waals surface area (Å²) in [4.78, 5) is 23.0. The average molecular weight is 171 g/mol. The zero-order chi connectivity index (χ0) is 9.56. The lowest BCUT2D eigenvalue weighted by molar-refractivity contribution is -0.138. The first kappa shape index (κ1) is 10.4. The highest BCUT2D eigenvalue weighted by molar-refractivity contribution is 5.78. The molecule has 0 saturated carbocycles. The molecular formula is C6H9N3O3. The molecule has 0 aliphatic carbocycles. The van der Waals surface area contributed by atoms with Gasteiger partial charge in [0.25, 0.3) is 5.71 Å². The summed E-state index contributed by atoms with van der Waals surface area (Å²) in [6, 6.07) is -1.25. The van der Waals surface area contributed by atoms with E-state index in [1.165, 1.54) is 6.92 Å². The standard InChI is InChI=1S/C6H9N3O3/c1-4(8-7)2-3-5(9-12)6(10)11/h5H,2-3H2,1H3,(H,10,11)/t5-/m0/s1. The Bertz CT molecular complexity index is 232. The van der Waals surface area contributed by atoms with E-state index < -0.39 is 12.0 Å². The molecule has 0 radical (unpaired) electrons. The van der Waals surface area contributed by atoms with Crippen molar-refractivity contribution in [1.82, 2.24) is 0 Å². The average Bonchev–Trinajstić information content (AvgIpc) is 2.04. The van der Waals surface area contributed by atoms with Crippen LogP contribution in [0.4, 0.5) is 0 Å². The molecule has 6 nitrogen and oxygen atoms in total. The number of nitrogens with zero attached hydrogens (tertiary/aromatic N) is 3. The van der Waals surface area contributed by atoms with Gasteiger partial charge in [-0.05, 0) is 6.42 Å². The molecule has 0 bridgehead atoms. The molecule has 1 atom stereocenters. The first-order chi connectivity index (χ1) is 5.61. The van der Waals surface area contributed by atoms with Crippen molar-refractivity contribution in [2.24, 2.45) is 5.18 Å². The Hall–Kier alpha value is -1.55. The molecule has 0 aliphatic rings. The maximum Gasteiger partial charge on any atom is 0.332 e. The lowest BCUT2D eigenvalue weighted by Crippen LogP contribution is -2.18. The number of nitroso groups, excluding NO2 is 1. The molecule has 0 aromatic carbocycles. The predicted molar refractivity (Wildman–Crippen MR) is 40.8 cm³/mol. The molecule has 0 aromatic rings. The number of rotatable bonds is 5. The lowest BCUT2D eigenvalue weighted by Gasteiger charge is -1.98. The Morgan fingerprint density at radius 3 is 2.67 bits per heavy atom. The van der Waals surface area contributed by atoms with Gasteiger partial charge in [-0.3, -0.25) is 0 Å². The Morgan fingerprint density at radius 2 is 2.33 bits per heavy atom. The lowest BCUT2D eigenvalue weighted by atomic mass is 10.1. The van der Waals surface area contributed by atoms with Gasteiger partial charge >= 0.3 is 5.97 Å². The first-order valence-electron chi connectivity index (χ1n) is 3.34. The number of hydrogen-bond acceptors (Lipinski definition) is 3. The van der Waals surface area contributed by atoms with Gasteiger partial charge < -0.3 is 10.6 Å². The van der Waals surface area contributed by atoms with E-state index in [0.29, 0.717) is 5.71 Å². The van der Waals surface area contributed by atoms with Crippen LogP contribution in [0.5, 0.6) is 0 Å². The zero-order valence-electron chi connectivity index (χ0n) is 6.60. The van der Waals surface area contributed by atoms with E-state index in [4.69, 9.17) is 10.6 Å². The molecule has 0 fully saturated rings. The summed E-state index contributed by atoms with van der Waals surface area (Å²) in [7, 11) is 0. The number of carboxylic acids is 1. The van der Waals surface area contributed by atoms with Crippen LogP contribution < -0.4 is 0 Å². The SMILES string of the molecule is CC(CC[C@H](N=O)C(=O)O)=[N+]=[N-]. The molecule has 0 aliphatic heterocycles. The summed E-state index contributed by atoms with van der Waals surface area (Å²) in [6.45, 7) is 1.53. The Morgan fingerprint density at radius 1 is 1.75 bits per heavy atom. The van der Waals surface area contributed by atoms with Gasteiger partial charge in [0.2, 0.25) is 0 Å². The van der Waals surface area contributed by atoms with Crippen LogP contribution in [0.2, 0.25) is 0 Å². The van der Waals surface area contributed by atoms with Crippen molar-refractivity contribution in [1.29, 1.82) is 0 Å². The number of carbonyl (C=O) groups is 1. The van der Waals surface area contributed by atoms with E-state index in [2.05, 4.69) is 9.97 Å². The molecule has 0 saturated heterocycles. The van der Waals surface area contributed by atoms with E-state index in [9.17, 15) is 9.70 Å². The van der Waals surface area contributed by atoms with Crippen LogP contribution >= 0.6 is 0 Å². The second kappa shape index (κ2) is 5.15. The monoisotopic (exact) mass is 171 g/mol. The fourth-order valence-electron chi connectivity index (χ4n) is 0.617. The van der Waals surface area contributed by atoms with E-state index in [0.717, 1.165) is 0 Å². The van der Waals surface area contributed by atoms with Gasteiger partial charge in [-0.1, -0.05) is 5.18 Å². The molecule has 1 N–H and O–H groups in total. The van der Waals surface area contributed by atoms with Crippen molar-refractivity contribution < 1.29 is 14.7 Å².